The lowest BCUT2D eigenvalue weighted by Gasteiger charge is -2.36. The summed E-state index contributed by atoms with van der Waals surface area (Å²) in [7, 11) is 0. The Labute approximate surface area is 142 Å². The third kappa shape index (κ3) is 9.40. The van der Waals surface area contributed by atoms with Gasteiger partial charge in [0.1, 0.15) is 0 Å². The maximum atomic E-state index is 3.92. The fraction of sp³-hybridized carbons (Fsp3) is 1.00. The van der Waals surface area contributed by atoms with Gasteiger partial charge in [0.15, 0.2) is 0 Å². The summed E-state index contributed by atoms with van der Waals surface area (Å²) in [6, 6.07) is 0. The largest absolute Gasteiger partial charge is 0.293 e. The molecular weight excluding hydrogens is 294 g/mol. The zero-order chi connectivity index (χ0) is 15.3. The zero-order valence-corrected chi connectivity index (χ0v) is 16.2. The number of hydrogen-bond donors (Lipinski definition) is 1. The van der Waals surface area contributed by atoms with Crippen LogP contribution in [0.1, 0.15) is 97.8 Å². The van der Waals surface area contributed by atoms with Gasteiger partial charge < -0.3 is 0 Å². The smallest absolute Gasteiger partial charge is 0.0551 e. The molecule has 0 aromatic heterocycles. The summed E-state index contributed by atoms with van der Waals surface area (Å²) >= 11 is 4.45. The van der Waals surface area contributed by atoms with Gasteiger partial charge in [0.25, 0.3) is 0 Å². The molecule has 0 aromatic rings. The van der Waals surface area contributed by atoms with Gasteiger partial charge in [-0.05, 0) is 19.3 Å². The second-order valence-corrected chi connectivity index (χ2v) is 9.45. The molecule has 0 spiro atoms. The standard InChI is InChI=1S/C18H37NS2/c1-4-7-10-13-16-19-17(14-11-8-5-2)21-18(20-16)15-12-9-6-3/h16-19H,4-15H2,1-3H3. The van der Waals surface area contributed by atoms with E-state index in [-0.39, 0.29) is 0 Å². The summed E-state index contributed by atoms with van der Waals surface area (Å²) in [6.07, 6.45) is 16.6. The summed E-state index contributed by atoms with van der Waals surface area (Å²) in [5.74, 6) is 0. The van der Waals surface area contributed by atoms with E-state index in [2.05, 4.69) is 49.6 Å². The lowest BCUT2D eigenvalue weighted by molar-refractivity contribution is 0.510. The first-order valence-electron chi connectivity index (χ1n) is 9.37. The minimum Gasteiger partial charge on any atom is -0.293 e. The van der Waals surface area contributed by atoms with Crippen LogP contribution in [0.5, 0.6) is 0 Å². The summed E-state index contributed by atoms with van der Waals surface area (Å²) in [4.78, 5) is 0. The predicted molar refractivity (Wildman–Crippen MR) is 102 cm³/mol. The van der Waals surface area contributed by atoms with Crippen LogP contribution in [0, 0.1) is 0 Å². The first-order valence-corrected chi connectivity index (χ1v) is 11.3. The topological polar surface area (TPSA) is 12.0 Å². The molecule has 1 rings (SSSR count). The highest BCUT2D eigenvalue weighted by Gasteiger charge is 2.28. The average molecular weight is 332 g/mol. The molecule has 0 amide bonds. The molecule has 1 saturated heterocycles. The first kappa shape index (κ1) is 19.7. The molecule has 1 N–H and O–H groups in total. The Bertz CT molecular complexity index is 191. The van der Waals surface area contributed by atoms with Crippen molar-refractivity contribution >= 4 is 23.5 Å². The highest BCUT2D eigenvalue weighted by atomic mass is 32.2. The lowest BCUT2D eigenvalue weighted by Crippen LogP contribution is -2.40. The SMILES string of the molecule is CCCCCC1NC(CCCCC)SC(CCCCC)S1. The Morgan fingerprint density at radius 2 is 1.05 bits per heavy atom. The molecule has 1 heterocycles. The molecule has 2 unspecified atom stereocenters. The van der Waals surface area contributed by atoms with Crippen molar-refractivity contribution in [1.82, 2.24) is 5.32 Å². The molecule has 1 aliphatic rings. The molecule has 1 aliphatic heterocycles. The Kier molecular flexibility index (Phi) is 12.3. The quantitative estimate of drug-likeness (QED) is 0.396. The van der Waals surface area contributed by atoms with Gasteiger partial charge in [-0.15, -0.1) is 23.5 Å². The van der Waals surface area contributed by atoms with E-state index in [4.69, 9.17) is 0 Å². The fourth-order valence-corrected chi connectivity index (χ4v) is 6.42. The van der Waals surface area contributed by atoms with Crippen molar-refractivity contribution in [3.63, 3.8) is 0 Å². The molecule has 0 aromatic carbocycles. The molecule has 126 valence electrons. The van der Waals surface area contributed by atoms with Gasteiger partial charge in [0.2, 0.25) is 0 Å². The monoisotopic (exact) mass is 331 g/mol. The van der Waals surface area contributed by atoms with E-state index in [1.54, 1.807) is 0 Å². The number of hydrogen-bond acceptors (Lipinski definition) is 3. The van der Waals surface area contributed by atoms with Gasteiger partial charge in [-0.2, -0.15) is 0 Å². The van der Waals surface area contributed by atoms with Crippen molar-refractivity contribution < 1.29 is 0 Å². The van der Waals surface area contributed by atoms with Crippen molar-refractivity contribution in [3.8, 4) is 0 Å². The van der Waals surface area contributed by atoms with Gasteiger partial charge in [-0.25, -0.2) is 0 Å². The molecule has 2 atom stereocenters. The summed E-state index contributed by atoms with van der Waals surface area (Å²) in [5.41, 5.74) is 0. The predicted octanol–water partition coefficient (Wildman–Crippen LogP) is 6.78. The van der Waals surface area contributed by atoms with Crippen molar-refractivity contribution in [2.45, 2.75) is 113 Å². The van der Waals surface area contributed by atoms with Gasteiger partial charge in [-0.3, -0.25) is 5.32 Å². The number of nitrogens with one attached hydrogen (secondary N) is 1. The highest BCUT2D eigenvalue weighted by molar-refractivity contribution is 8.18. The van der Waals surface area contributed by atoms with Gasteiger partial charge in [0, 0.05) is 0 Å². The van der Waals surface area contributed by atoms with Gasteiger partial charge in [-0.1, -0.05) is 78.6 Å². The molecule has 1 nitrogen and oxygen atoms in total. The number of rotatable bonds is 12. The van der Waals surface area contributed by atoms with Crippen molar-refractivity contribution in [3.05, 3.63) is 0 Å². The van der Waals surface area contributed by atoms with Gasteiger partial charge in [0.05, 0.1) is 15.3 Å². The number of thioether (sulfide) groups is 2. The normalized spacial score (nSPS) is 26.1. The second-order valence-electron chi connectivity index (χ2n) is 6.33. The highest BCUT2D eigenvalue weighted by Crippen LogP contribution is 2.40. The third-order valence-corrected chi connectivity index (χ3v) is 7.33. The minimum atomic E-state index is 0.719. The van der Waals surface area contributed by atoms with E-state index in [0.717, 1.165) is 15.3 Å². The van der Waals surface area contributed by atoms with Crippen LogP contribution in [-0.4, -0.2) is 15.3 Å². The van der Waals surface area contributed by atoms with Crippen LogP contribution in [0.4, 0.5) is 0 Å². The van der Waals surface area contributed by atoms with Crippen molar-refractivity contribution in [2.75, 3.05) is 0 Å². The Morgan fingerprint density at radius 1 is 0.619 bits per heavy atom. The number of unbranched alkanes of at least 4 members (excludes halogenated alkanes) is 6. The molecule has 0 bridgehead atoms. The second kappa shape index (κ2) is 13.1. The molecule has 3 heteroatoms. The van der Waals surface area contributed by atoms with Crippen LogP contribution in [0.15, 0.2) is 0 Å². The lowest BCUT2D eigenvalue weighted by atomic mass is 10.2. The summed E-state index contributed by atoms with van der Waals surface area (Å²) in [6.45, 7) is 6.92. The van der Waals surface area contributed by atoms with E-state index in [1.165, 1.54) is 77.0 Å². The van der Waals surface area contributed by atoms with Crippen LogP contribution in [0.25, 0.3) is 0 Å². The van der Waals surface area contributed by atoms with Crippen LogP contribution >= 0.6 is 23.5 Å². The summed E-state index contributed by atoms with van der Waals surface area (Å²) in [5, 5.41) is 5.35. The first-order chi connectivity index (χ1) is 10.3. The van der Waals surface area contributed by atoms with Crippen LogP contribution < -0.4 is 5.32 Å². The molecule has 0 aliphatic carbocycles. The maximum absolute atomic E-state index is 3.92. The van der Waals surface area contributed by atoms with Crippen molar-refractivity contribution in [2.24, 2.45) is 0 Å². The van der Waals surface area contributed by atoms with E-state index in [1.807, 2.05) is 0 Å². The van der Waals surface area contributed by atoms with Crippen molar-refractivity contribution in [1.29, 1.82) is 0 Å². The molecule has 0 radical (unpaired) electrons. The molecule has 0 saturated carbocycles. The summed E-state index contributed by atoms with van der Waals surface area (Å²) < 4.78 is 0.844. The third-order valence-electron chi connectivity index (χ3n) is 4.19. The van der Waals surface area contributed by atoms with E-state index in [9.17, 15) is 0 Å². The Morgan fingerprint density at radius 3 is 1.48 bits per heavy atom. The molecular formula is C18H37NS2. The zero-order valence-electron chi connectivity index (χ0n) is 14.5. The Balaban J connectivity index is 2.35. The Hall–Kier alpha value is 0.660. The fourth-order valence-electron chi connectivity index (χ4n) is 2.84. The minimum absolute atomic E-state index is 0.719. The van der Waals surface area contributed by atoms with Crippen LogP contribution in [0.2, 0.25) is 0 Å². The van der Waals surface area contributed by atoms with E-state index >= 15 is 0 Å². The molecule has 1 fully saturated rings. The van der Waals surface area contributed by atoms with E-state index < -0.39 is 0 Å². The van der Waals surface area contributed by atoms with Crippen LogP contribution in [-0.2, 0) is 0 Å². The molecule has 21 heavy (non-hydrogen) atoms. The maximum Gasteiger partial charge on any atom is 0.0551 e. The van der Waals surface area contributed by atoms with Gasteiger partial charge >= 0.3 is 0 Å². The van der Waals surface area contributed by atoms with Crippen LogP contribution in [0.3, 0.4) is 0 Å². The average Bonchev–Trinajstić information content (AvgIpc) is 2.48. The van der Waals surface area contributed by atoms with E-state index in [0.29, 0.717) is 0 Å².